The summed E-state index contributed by atoms with van der Waals surface area (Å²) in [4.78, 5) is 0. The molecule has 2 fully saturated rings. The Kier molecular flexibility index (Phi) is 3.10. The Bertz CT molecular complexity index is 414. The molecule has 0 radical (unpaired) electrons. The van der Waals surface area contributed by atoms with Gasteiger partial charge in [0, 0.05) is 12.0 Å². The molecule has 0 aromatic heterocycles. The second kappa shape index (κ2) is 4.61. The van der Waals surface area contributed by atoms with Crippen molar-refractivity contribution in [2.24, 2.45) is 17.8 Å². The van der Waals surface area contributed by atoms with Crippen molar-refractivity contribution in [2.45, 2.75) is 38.2 Å². The highest BCUT2D eigenvalue weighted by atomic mass is 19.1. The zero-order valence-corrected chi connectivity index (χ0v) is 10.3. The second-order valence-corrected chi connectivity index (χ2v) is 5.66. The van der Waals surface area contributed by atoms with Crippen LogP contribution in [0.15, 0.2) is 18.2 Å². The molecule has 3 atom stereocenters. The van der Waals surface area contributed by atoms with Crippen LogP contribution in [0, 0.1) is 29.4 Å². The van der Waals surface area contributed by atoms with Crippen molar-refractivity contribution >= 4 is 0 Å². The Labute approximate surface area is 106 Å². The molecule has 3 heteroatoms. The van der Waals surface area contributed by atoms with E-state index in [9.17, 15) is 13.9 Å². The van der Waals surface area contributed by atoms with Gasteiger partial charge in [-0.25, -0.2) is 8.78 Å². The summed E-state index contributed by atoms with van der Waals surface area (Å²) in [6, 6.07) is 3.87. The Morgan fingerprint density at radius 3 is 2.22 bits per heavy atom. The fourth-order valence-corrected chi connectivity index (χ4v) is 3.69. The van der Waals surface area contributed by atoms with Gasteiger partial charge in [0.05, 0.1) is 6.10 Å². The van der Waals surface area contributed by atoms with E-state index in [1.165, 1.54) is 43.9 Å². The molecule has 0 spiro atoms. The van der Waals surface area contributed by atoms with Crippen molar-refractivity contribution in [1.29, 1.82) is 0 Å². The van der Waals surface area contributed by atoms with E-state index < -0.39 is 17.7 Å². The molecule has 1 N–H and O–H groups in total. The van der Waals surface area contributed by atoms with E-state index in [1.54, 1.807) is 0 Å². The summed E-state index contributed by atoms with van der Waals surface area (Å²) in [5.41, 5.74) is 0.0358. The normalized spacial score (nSPS) is 31.8. The Morgan fingerprint density at radius 2 is 1.67 bits per heavy atom. The molecule has 18 heavy (non-hydrogen) atoms. The van der Waals surface area contributed by atoms with E-state index >= 15 is 0 Å². The van der Waals surface area contributed by atoms with E-state index in [1.807, 2.05) is 0 Å². The van der Waals surface area contributed by atoms with Crippen molar-refractivity contribution in [1.82, 2.24) is 0 Å². The van der Waals surface area contributed by atoms with Crippen molar-refractivity contribution < 1.29 is 13.9 Å². The second-order valence-electron chi connectivity index (χ2n) is 5.66. The first-order valence-electron chi connectivity index (χ1n) is 6.79. The molecule has 0 aliphatic heterocycles. The lowest BCUT2D eigenvalue weighted by Gasteiger charge is -2.12. The molecule has 2 aliphatic carbocycles. The molecule has 0 heterocycles. The average molecular weight is 252 g/mol. The third-order valence-corrected chi connectivity index (χ3v) is 4.64. The monoisotopic (exact) mass is 252 g/mol. The van der Waals surface area contributed by atoms with Gasteiger partial charge in [0.15, 0.2) is 0 Å². The molecule has 1 aromatic rings. The molecule has 1 aromatic carbocycles. The SMILES string of the molecule is OC(Cc1c(F)cccc1F)C1C2CCCCC21. The van der Waals surface area contributed by atoms with Gasteiger partial charge >= 0.3 is 0 Å². The number of rotatable bonds is 3. The Morgan fingerprint density at radius 1 is 1.11 bits per heavy atom. The molecule has 2 aliphatic rings. The van der Waals surface area contributed by atoms with Crippen LogP contribution in [0.2, 0.25) is 0 Å². The van der Waals surface area contributed by atoms with Gasteiger partial charge in [-0.1, -0.05) is 18.9 Å². The molecule has 0 amide bonds. The largest absolute Gasteiger partial charge is 0.392 e. The maximum absolute atomic E-state index is 13.5. The van der Waals surface area contributed by atoms with E-state index in [2.05, 4.69) is 0 Å². The molecular formula is C15H18F2O. The van der Waals surface area contributed by atoms with Crippen LogP contribution in [0.1, 0.15) is 31.2 Å². The van der Waals surface area contributed by atoms with E-state index in [4.69, 9.17) is 0 Å². The molecular weight excluding hydrogens is 234 g/mol. The van der Waals surface area contributed by atoms with Crippen LogP contribution < -0.4 is 0 Å². The van der Waals surface area contributed by atoms with Crippen LogP contribution in [0.4, 0.5) is 8.78 Å². The Hall–Kier alpha value is -0.960. The number of hydrogen-bond donors (Lipinski definition) is 1. The number of hydrogen-bond acceptors (Lipinski definition) is 1. The number of fused-ring (bicyclic) bond motifs is 1. The average Bonchev–Trinajstić information content (AvgIpc) is 3.08. The van der Waals surface area contributed by atoms with E-state index in [0.29, 0.717) is 11.8 Å². The zero-order chi connectivity index (χ0) is 12.7. The fraction of sp³-hybridized carbons (Fsp3) is 0.600. The van der Waals surface area contributed by atoms with Crippen LogP contribution in [-0.4, -0.2) is 11.2 Å². The van der Waals surface area contributed by atoms with Crippen molar-refractivity contribution in [3.63, 3.8) is 0 Å². The first kappa shape index (κ1) is 12.1. The molecule has 98 valence electrons. The molecule has 0 saturated heterocycles. The standard InChI is InChI=1S/C15H18F2O/c16-12-6-3-7-13(17)11(12)8-14(18)15-9-4-1-2-5-10(9)15/h3,6-7,9-10,14-15,18H,1-2,4-5,8H2. The third kappa shape index (κ3) is 2.05. The summed E-state index contributed by atoms with van der Waals surface area (Å²) in [6.07, 6.45) is 4.33. The van der Waals surface area contributed by atoms with Gasteiger partial charge in [0.1, 0.15) is 11.6 Å². The lowest BCUT2D eigenvalue weighted by Crippen LogP contribution is -2.17. The highest BCUT2D eigenvalue weighted by Crippen LogP contribution is 2.57. The summed E-state index contributed by atoms with van der Waals surface area (Å²) < 4.78 is 27.0. The van der Waals surface area contributed by atoms with Gasteiger partial charge in [0.25, 0.3) is 0 Å². The first-order chi connectivity index (χ1) is 8.68. The minimum absolute atomic E-state index is 0.0358. The van der Waals surface area contributed by atoms with Crippen LogP contribution in [-0.2, 0) is 6.42 Å². The predicted octanol–water partition coefficient (Wildman–Crippen LogP) is 3.30. The molecule has 1 nitrogen and oxygen atoms in total. The summed E-state index contributed by atoms with van der Waals surface area (Å²) in [5.74, 6) is 0.383. The maximum Gasteiger partial charge on any atom is 0.129 e. The third-order valence-electron chi connectivity index (χ3n) is 4.64. The Balaban J connectivity index is 1.70. The topological polar surface area (TPSA) is 20.2 Å². The van der Waals surface area contributed by atoms with Crippen LogP contribution in [0.5, 0.6) is 0 Å². The minimum Gasteiger partial charge on any atom is -0.392 e. The number of halogens is 2. The lowest BCUT2D eigenvalue weighted by molar-refractivity contribution is 0.138. The zero-order valence-electron chi connectivity index (χ0n) is 10.3. The van der Waals surface area contributed by atoms with Crippen molar-refractivity contribution in [2.75, 3.05) is 0 Å². The highest BCUT2D eigenvalue weighted by molar-refractivity contribution is 5.21. The van der Waals surface area contributed by atoms with E-state index in [0.717, 1.165) is 0 Å². The predicted molar refractivity (Wildman–Crippen MR) is 65.0 cm³/mol. The van der Waals surface area contributed by atoms with Gasteiger partial charge in [0.2, 0.25) is 0 Å². The number of benzene rings is 1. The maximum atomic E-state index is 13.5. The molecule has 3 rings (SSSR count). The fourth-order valence-electron chi connectivity index (χ4n) is 3.69. The van der Waals surface area contributed by atoms with Crippen LogP contribution >= 0.6 is 0 Å². The summed E-state index contributed by atoms with van der Waals surface area (Å²) in [6.45, 7) is 0. The van der Waals surface area contributed by atoms with Gasteiger partial charge in [-0.15, -0.1) is 0 Å². The van der Waals surface area contributed by atoms with Gasteiger partial charge in [-0.2, -0.15) is 0 Å². The van der Waals surface area contributed by atoms with Gasteiger partial charge < -0.3 is 5.11 Å². The number of aliphatic hydroxyl groups is 1. The number of aliphatic hydroxyl groups excluding tert-OH is 1. The lowest BCUT2D eigenvalue weighted by atomic mass is 10.0. The smallest absolute Gasteiger partial charge is 0.129 e. The van der Waals surface area contributed by atoms with E-state index in [-0.39, 0.29) is 17.9 Å². The quantitative estimate of drug-likeness (QED) is 0.875. The van der Waals surface area contributed by atoms with Crippen LogP contribution in [0.25, 0.3) is 0 Å². The van der Waals surface area contributed by atoms with Crippen LogP contribution in [0.3, 0.4) is 0 Å². The summed E-state index contributed by atoms with van der Waals surface area (Å²) in [5, 5.41) is 10.2. The van der Waals surface area contributed by atoms with Crippen molar-refractivity contribution in [3.8, 4) is 0 Å². The highest BCUT2D eigenvalue weighted by Gasteiger charge is 2.53. The van der Waals surface area contributed by atoms with Crippen molar-refractivity contribution in [3.05, 3.63) is 35.4 Å². The van der Waals surface area contributed by atoms with Gasteiger partial charge in [-0.3, -0.25) is 0 Å². The molecule has 0 bridgehead atoms. The first-order valence-corrected chi connectivity index (χ1v) is 6.79. The minimum atomic E-state index is -0.593. The summed E-state index contributed by atoms with van der Waals surface area (Å²) in [7, 11) is 0. The van der Waals surface area contributed by atoms with Gasteiger partial charge in [-0.05, 0) is 42.7 Å². The summed E-state index contributed by atoms with van der Waals surface area (Å²) >= 11 is 0. The molecule has 3 unspecified atom stereocenters. The molecule has 2 saturated carbocycles.